The van der Waals surface area contributed by atoms with Crippen LogP contribution < -0.4 is 20.9 Å². The highest BCUT2D eigenvalue weighted by Gasteiger charge is 2.30. The van der Waals surface area contributed by atoms with Crippen LogP contribution in [-0.4, -0.2) is 40.4 Å². The molecule has 0 amide bonds. The zero-order chi connectivity index (χ0) is 23.1. The summed E-state index contributed by atoms with van der Waals surface area (Å²) in [6, 6.07) is 9.78. The van der Waals surface area contributed by atoms with Crippen molar-refractivity contribution in [2.45, 2.75) is 58.1 Å². The number of carbonyl (C=O) groups is 1. The van der Waals surface area contributed by atoms with Crippen LogP contribution in [0.15, 0.2) is 52.2 Å². The lowest BCUT2D eigenvalue weighted by Crippen LogP contribution is -2.35. The van der Waals surface area contributed by atoms with Gasteiger partial charge in [-0.3, -0.25) is 19.1 Å². The Morgan fingerprint density at radius 1 is 1.22 bits per heavy atom. The molecule has 1 saturated heterocycles. The lowest BCUT2D eigenvalue weighted by molar-refractivity contribution is -0.149. The van der Waals surface area contributed by atoms with E-state index in [9.17, 15) is 14.4 Å². The van der Waals surface area contributed by atoms with Gasteiger partial charge in [0, 0.05) is 12.3 Å². The number of nitrogens with one attached hydrogen (secondary N) is 2. The van der Waals surface area contributed by atoms with Crippen LogP contribution in [0.3, 0.4) is 0 Å². The molecule has 1 aromatic carbocycles. The van der Waals surface area contributed by atoms with Gasteiger partial charge in [0.2, 0.25) is 0 Å². The standard InChI is InChI=1S/C21H28N3O7P/c1-14(2)29-20(26)15(3)23-32(31-16-7-5-4-6-8-16)28-13-17-9-10-19(30-17)24-12-11-18(25)22-21(24)27/h4-8,11-12,14-15,17,19,23H,9-10,13H2,1-3H3,(H,22,25,27)/t15?,17-,19+,32?/m0/s1. The third-order valence-electron chi connectivity index (χ3n) is 4.56. The molecular formula is C21H28N3O7P. The number of aromatic amines is 1. The van der Waals surface area contributed by atoms with E-state index in [2.05, 4.69) is 10.1 Å². The summed E-state index contributed by atoms with van der Waals surface area (Å²) in [5.41, 5.74) is -0.970. The summed E-state index contributed by atoms with van der Waals surface area (Å²) in [7, 11) is -1.68. The molecule has 1 aliphatic heterocycles. The number of esters is 1. The number of hydrogen-bond acceptors (Lipinski definition) is 8. The number of ether oxygens (including phenoxy) is 2. The third kappa shape index (κ3) is 7.00. The van der Waals surface area contributed by atoms with E-state index in [0.717, 1.165) is 0 Å². The van der Waals surface area contributed by atoms with E-state index in [-0.39, 0.29) is 18.8 Å². The SMILES string of the molecule is CC(C)OC(=O)C(C)NP(OC[C@@H]1CC[C@H](n2ccc(=O)[nH]c2=O)O1)Oc1ccccc1. The van der Waals surface area contributed by atoms with E-state index in [0.29, 0.717) is 18.6 Å². The van der Waals surface area contributed by atoms with Crippen LogP contribution in [0, 0.1) is 0 Å². The fourth-order valence-electron chi connectivity index (χ4n) is 3.03. The van der Waals surface area contributed by atoms with Gasteiger partial charge in [-0.1, -0.05) is 18.2 Å². The van der Waals surface area contributed by atoms with Crippen molar-refractivity contribution in [1.29, 1.82) is 0 Å². The molecule has 10 nitrogen and oxygen atoms in total. The van der Waals surface area contributed by atoms with Gasteiger partial charge in [-0.25, -0.2) is 9.88 Å². The van der Waals surface area contributed by atoms with Gasteiger partial charge >= 0.3 is 20.2 Å². The van der Waals surface area contributed by atoms with Crippen LogP contribution in [-0.2, 0) is 18.8 Å². The molecule has 3 rings (SSSR count). The van der Waals surface area contributed by atoms with Crippen LogP contribution in [0.25, 0.3) is 0 Å². The summed E-state index contributed by atoms with van der Waals surface area (Å²) < 4.78 is 24.4. The van der Waals surface area contributed by atoms with Crippen LogP contribution in [0.1, 0.15) is 39.8 Å². The molecule has 0 aliphatic carbocycles. The van der Waals surface area contributed by atoms with E-state index in [1.54, 1.807) is 32.9 Å². The Balaban J connectivity index is 1.60. The largest absolute Gasteiger partial charge is 0.462 e. The van der Waals surface area contributed by atoms with Crippen molar-refractivity contribution in [1.82, 2.24) is 14.6 Å². The summed E-state index contributed by atoms with van der Waals surface area (Å²) in [5, 5.41) is 3.05. The van der Waals surface area contributed by atoms with E-state index < -0.39 is 38.0 Å². The van der Waals surface area contributed by atoms with Gasteiger partial charge in [-0.05, 0) is 45.7 Å². The predicted octanol–water partition coefficient (Wildman–Crippen LogP) is 2.47. The van der Waals surface area contributed by atoms with E-state index in [1.165, 1.54) is 16.8 Å². The minimum atomic E-state index is -1.68. The van der Waals surface area contributed by atoms with Gasteiger partial charge in [0.05, 0.1) is 18.8 Å². The van der Waals surface area contributed by atoms with E-state index in [4.69, 9.17) is 18.5 Å². The second kappa shape index (κ2) is 11.4. The molecule has 11 heteroatoms. The summed E-state index contributed by atoms with van der Waals surface area (Å²) in [6.45, 7) is 5.45. The van der Waals surface area contributed by atoms with Crippen LogP contribution in [0.2, 0.25) is 0 Å². The van der Waals surface area contributed by atoms with Crippen molar-refractivity contribution in [2.24, 2.45) is 0 Å². The average molecular weight is 465 g/mol. The van der Waals surface area contributed by atoms with Gasteiger partial charge in [-0.2, -0.15) is 0 Å². The lowest BCUT2D eigenvalue weighted by Gasteiger charge is -2.23. The minimum absolute atomic E-state index is 0.200. The molecule has 0 saturated carbocycles. The summed E-state index contributed by atoms with van der Waals surface area (Å²) >= 11 is 0. The highest BCUT2D eigenvalue weighted by atomic mass is 31.2. The molecule has 1 aromatic heterocycles. The zero-order valence-corrected chi connectivity index (χ0v) is 19.1. The van der Waals surface area contributed by atoms with Crippen LogP contribution >= 0.6 is 8.53 Å². The maximum atomic E-state index is 12.2. The highest BCUT2D eigenvalue weighted by Crippen LogP contribution is 2.38. The highest BCUT2D eigenvalue weighted by molar-refractivity contribution is 7.45. The summed E-state index contributed by atoms with van der Waals surface area (Å²) in [5.74, 6) is 0.197. The fraction of sp³-hybridized carbons (Fsp3) is 0.476. The number of aromatic nitrogens is 2. The number of para-hydroxylation sites is 1. The molecule has 32 heavy (non-hydrogen) atoms. The van der Waals surface area contributed by atoms with Crippen molar-refractivity contribution >= 4 is 14.5 Å². The molecule has 174 valence electrons. The number of hydrogen-bond donors (Lipinski definition) is 2. The van der Waals surface area contributed by atoms with Crippen molar-refractivity contribution in [3.05, 3.63) is 63.4 Å². The van der Waals surface area contributed by atoms with Gasteiger partial charge in [0.1, 0.15) is 18.0 Å². The Morgan fingerprint density at radius 3 is 2.66 bits per heavy atom. The van der Waals surface area contributed by atoms with Crippen molar-refractivity contribution in [3.8, 4) is 5.75 Å². The Bertz CT molecular complexity index is 995. The van der Waals surface area contributed by atoms with Gasteiger partial charge in [0.15, 0.2) is 0 Å². The number of nitrogens with zero attached hydrogens (tertiary/aromatic N) is 1. The Kier molecular flexibility index (Phi) is 8.58. The number of H-pyrrole nitrogens is 1. The van der Waals surface area contributed by atoms with E-state index in [1.807, 2.05) is 18.2 Å². The molecular weight excluding hydrogens is 437 g/mol. The van der Waals surface area contributed by atoms with Crippen molar-refractivity contribution in [2.75, 3.05) is 6.61 Å². The first-order chi connectivity index (χ1) is 15.3. The molecule has 1 fully saturated rings. The normalized spacial score (nSPS) is 20.1. The van der Waals surface area contributed by atoms with Crippen LogP contribution in [0.5, 0.6) is 5.75 Å². The average Bonchev–Trinajstić information content (AvgIpc) is 3.21. The maximum Gasteiger partial charge on any atom is 0.330 e. The summed E-state index contributed by atoms with van der Waals surface area (Å²) in [6.07, 6.45) is 1.70. The number of benzene rings is 1. The molecule has 2 aromatic rings. The molecule has 2 heterocycles. The number of carbonyl (C=O) groups excluding carboxylic acids is 1. The second-order valence-electron chi connectivity index (χ2n) is 7.60. The Hall–Kier alpha value is -2.52. The molecule has 0 bridgehead atoms. The zero-order valence-electron chi connectivity index (χ0n) is 18.2. The quantitative estimate of drug-likeness (QED) is 0.406. The molecule has 0 radical (unpaired) electrons. The molecule has 2 unspecified atom stereocenters. The fourth-order valence-corrected chi connectivity index (χ4v) is 4.25. The Labute approximate surface area is 186 Å². The van der Waals surface area contributed by atoms with Crippen molar-refractivity contribution < 1.29 is 23.3 Å². The van der Waals surface area contributed by atoms with Gasteiger partial charge in [0.25, 0.3) is 5.56 Å². The van der Waals surface area contributed by atoms with Gasteiger partial charge in [-0.15, -0.1) is 0 Å². The lowest BCUT2D eigenvalue weighted by atomic mass is 10.2. The molecule has 4 atom stereocenters. The maximum absolute atomic E-state index is 12.2. The van der Waals surface area contributed by atoms with Crippen LogP contribution in [0.4, 0.5) is 0 Å². The first-order valence-corrected chi connectivity index (χ1v) is 11.6. The third-order valence-corrected chi connectivity index (χ3v) is 5.92. The predicted molar refractivity (Wildman–Crippen MR) is 118 cm³/mol. The minimum Gasteiger partial charge on any atom is -0.462 e. The molecule has 1 aliphatic rings. The number of rotatable bonds is 10. The molecule has 2 N–H and O–H groups in total. The second-order valence-corrected chi connectivity index (χ2v) is 8.81. The first-order valence-electron chi connectivity index (χ1n) is 10.4. The molecule has 0 spiro atoms. The summed E-state index contributed by atoms with van der Waals surface area (Å²) in [4.78, 5) is 37.7. The smallest absolute Gasteiger partial charge is 0.330 e. The van der Waals surface area contributed by atoms with Gasteiger partial charge < -0.3 is 18.5 Å². The first kappa shape index (κ1) is 24.1. The van der Waals surface area contributed by atoms with E-state index >= 15 is 0 Å². The topological polar surface area (TPSA) is 121 Å². The monoisotopic (exact) mass is 465 g/mol. The van der Waals surface area contributed by atoms with Crippen molar-refractivity contribution in [3.63, 3.8) is 0 Å². The Morgan fingerprint density at radius 2 is 1.97 bits per heavy atom.